The van der Waals surface area contributed by atoms with Gasteiger partial charge in [-0.15, -0.1) is 0 Å². The quantitative estimate of drug-likeness (QED) is 0.791. The molecule has 0 spiro atoms. The van der Waals surface area contributed by atoms with Crippen LogP contribution in [0.1, 0.15) is 18.1 Å². The Morgan fingerprint density at radius 3 is 1.39 bits per heavy atom. The number of phenols is 2. The summed E-state index contributed by atoms with van der Waals surface area (Å²) < 4.78 is 1.16. The maximum Gasteiger partial charge on any atom is 0.115 e. The van der Waals surface area contributed by atoms with E-state index in [1.54, 1.807) is 24.3 Å². The van der Waals surface area contributed by atoms with Crippen LogP contribution in [0.4, 0.5) is 0 Å². The molecule has 0 aliphatic heterocycles. The van der Waals surface area contributed by atoms with Gasteiger partial charge in [-0.25, -0.2) is 0 Å². The lowest BCUT2D eigenvalue weighted by molar-refractivity contribution is 0.475. The van der Waals surface area contributed by atoms with Gasteiger partial charge in [0.25, 0.3) is 0 Å². The monoisotopic (exact) mass is 352 g/mol. The SMILES string of the molecule is CC(I)=C(c1ccc(O)cc1)c1ccc(O)cc1. The van der Waals surface area contributed by atoms with Crippen molar-refractivity contribution in [2.75, 3.05) is 0 Å². The molecule has 0 aliphatic rings. The molecule has 0 radical (unpaired) electrons. The molecule has 3 heteroatoms. The van der Waals surface area contributed by atoms with Gasteiger partial charge in [0.2, 0.25) is 0 Å². The van der Waals surface area contributed by atoms with Crippen LogP contribution in [0.25, 0.3) is 5.57 Å². The summed E-state index contributed by atoms with van der Waals surface area (Å²) in [6, 6.07) is 14.3. The van der Waals surface area contributed by atoms with Crippen molar-refractivity contribution in [3.63, 3.8) is 0 Å². The Kier molecular flexibility index (Phi) is 3.91. The van der Waals surface area contributed by atoms with E-state index < -0.39 is 0 Å². The standard InChI is InChI=1S/C15H13IO2/c1-10(16)15(11-2-6-13(17)7-3-11)12-4-8-14(18)9-5-12/h2-9,17-18H,1H3. The molecule has 0 amide bonds. The van der Waals surface area contributed by atoms with Crippen LogP contribution in [-0.4, -0.2) is 10.2 Å². The molecule has 0 fully saturated rings. The van der Waals surface area contributed by atoms with Gasteiger partial charge < -0.3 is 10.2 Å². The van der Waals surface area contributed by atoms with E-state index in [1.165, 1.54) is 0 Å². The predicted molar refractivity (Wildman–Crippen MR) is 81.9 cm³/mol. The van der Waals surface area contributed by atoms with Gasteiger partial charge >= 0.3 is 0 Å². The van der Waals surface area contributed by atoms with Gasteiger partial charge in [-0.3, -0.25) is 0 Å². The van der Waals surface area contributed by atoms with E-state index in [0.717, 1.165) is 20.3 Å². The lowest BCUT2D eigenvalue weighted by Gasteiger charge is -2.10. The second kappa shape index (κ2) is 5.44. The van der Waals surface area contributed by atoms with Crippen LogP contribution in [0.2, 0.25) is 0 Å². The van der Waals surface area contributed by atoms with Crippen molar-refractivity contribution in [2.45, 2.75) is 6.92 Å². The minimum atomic E-state index is 0.259. The number of hydrogen-bond acceptors (Lipinski definition) is 2. The van der Waals surface area contributed by atoms with Crippen molar-refractivity contribution in [3.05, 3.63) is 63.2 Å². The van der Waals surface area contributed by atoms with E-state index in [1.807, 2.05) is 31.2 Å². The molecule has 2 aromatic rings. The summed E-state index contributed by atoms with van der Waals surface area (Å²) in [6.07, 6.45) is 0. The van der Waals surface area contributed by atoms with Gasteiger partial charge in [0.05, 0.1) is 0 Å². The smallest absolute Gasteiger partial charge is 0.115 e. The molecule has 2 N–H and O–H groups in total. The normalized spacial score (nSPS) is 10.1. The highest BCUT2D eigenvalue weighted by Gasteiger charge is 2.08. The molecular formula is C15H13IO2. The Hall–Kier alpha value is -1.49. The predicted octanol–water partition coefficient (Wildman–Crippen LogP) is 4.31. The van der Waals surface area contributed by atoms with Gasteiger partial charge in [-0.1, -0.05) is 24.3 Å². The molecule has 18 heavy (non-hydrogen) atoms. The first-order chi connectivity index (χ1) is 8.58. The van der Waals surface area contributed by atoms with Crippen molar-refractivity contribution in [3.8, 4) is 11.5 Å². The Balaban J connectivity index is 2.51. The molecule has 92 valence electrons. The van der Waals surface area contributed by atoms with Crippen molar-refractivity contribution >= 4 is 28.2 Å². The maximum absolute atomic E-state index is 9.33. The average molecular weight is 352 g/mol. The molecular weight excluding hydrogens is 339 g/mol. The summed E-state index contributed by atoms with van der Waals surface area (Å²) in [7, 11) is 0. The molecule has 0 aromatic heterocycles. The Bertz CT molecular complexity index is 517. The third-order valence-electron chi connectivity index (χ3n) is 2.66. The first-order valence-electron chi connectivity index (χ1n) is 5.53. The van der Waals surface area contributed by atoms with Crippen LogP contribution in [0.15, 0.2) is 52.1 Å². The van der Waals surface area contributed by atoms with Crippen LogP contribution >= 0.6 is 22.6 Å². The molecule has 2 nitrogen and oxygen atoms in total. The van der Waals surface area contributed by atoms with Crippen molar-refractivity contribution in [1.82, 2.24) is 0 Å². The second-order valence-corrected chi connectivity index (χ2v) is 5.62. The minimum Gasteiger partial charge on any atom is -0.508 e. The van der Waals surface area contributed by atoms with Crippen molar-refractivity contribution < 1.29 is 10.2 Å². The van der Waals surface area contributed by atoms with E-state index in [2.05, 4.69) is 22.6 Å². The molecule has 0 bridgehead atoms. The molecule has 0 atom stereocenters. The van der Waals surface area contributed by atoms with E-state index in [-0.39, 0.29) is 11.5 Å². The fourth-order valence-electron chi connectivity index (χ4n) is 1.82. The van der Waals surface area contributed by atoms with Crippen molar-refractivity contribution in [1.29, 1.82) is 0 Å². The van der Waals surface area contributed by atoms with Crippen LogP contribution in [0.3, 0.4) is 0 Å². The molecule has 0 unspecified atom stereocenters. The zero-order valence-electron chi connectivity index (χ0n) is 9.89. The minimum absolute atomic E-state index is 0.259. The first-order valence-corrected chi connectivity index (χ1v) is 6.61. The number of aromatic hydroxyl groups is 2. The molecule has 0 saturated carbocycles. The summed E-state index contributed by atoms with van der Waals surface area (Å²) >= 11 is 2.28. The number of allylic oxidation sites excluding steroid dienone is 1. The number of rotatable bonds is 2. The molecule has 0 saturated heterocycles. The van der Waals surface area contributed by atoms with E-state index in [4.69, 9.17) is 0 Å². The topological polar surface area (TPSA) is 40.5 Å². The molecule has 2 rings (SSSR count). The van der Waals surface area contributed by atoms with Crippen molar-refractivity contribution in [2.24, 2.45) is 0 Å². The van der Waals surface area contributed by atoms with E-state index in [0.29, 0.717) is 0 Å². The number of phenolic OH excluding ortho intramolecular Hbond substituents is 2. The highest BCUT2D eigenvalue weighted by Crippen LogP contribution is 2.31. The summed E-state index contributed by atoms with van der Waals surface area (Å²) in [5, 5.41) is 18.7. The van der Waals surface area contributed by atoms with Gasteiger partial charge in [0, 0.05) is 0 Å². The second-order valence-electron chi connectivity index (χ2n) is 4.00. The fourth-order valence-corrected chi connectivity index (χ4v) is 2.44. The number of hydrogen-bond donors (Lipinski definition) is 2. The van der Waals surface area contributed by atoms with E-state index >= 15 is 0 Å². The fraction of sp³-hybridized carbons (Fsp3) is 0.0667. The Morgan fingerprint density at radius 2 is 1.11 bits per heavy atom. The van der Waals surface area contributed by atoms with Crippen LogP contribution < -0.4 is 0 Å². The Morgan fingerprint density at radius 1 is 0.778 bits per heavy atom. The van der Waals surface area contributed by atoms with Gasteiger partial charge in [-0.05, 0) is 74.1 Å². The number of halogens is 1. The van der Waals surface area contributed by atoms with Crippen LogP contribution in [0.5, 0.6) is 11.5 Å². The van der Waals surface area contributed by atoms with Gasteiger partial charge in [-0.2, -0.15) is 0 Å². The Labute approximate surface area is 120 Å². The number of benzene rings is 2. The third-order valence-corrected chi connectivity index (χ3v) is 3.20. The maximum atomic E-state index is 9.33. The molecule has 0 heterocycles. The largest absolute Gasteiger partial charge is 0.508 e. The summed E-state index contributed by atoms with van der Waals surface area (Å²) in [6.45, 7) is 2.04. The van der Waals surface area contributed by atoms with Gasteiger partial charge in [0.1, 0.15) is 11.5 Å². The summed E-state index contributed by atoms with van der Waals surface area (Å²) in [5.74, 6) is 0.518. The molecule has 2 aromatic carbocycles. The summed E-state index contributed by atoms with van der Waals surface area (Å²) in [5.41, 5.74) is 3.20. The van der Waals surface area contributed by atoms with Crippen LogP contribution in [-0.2, 0) is 0 Å². The third kappa shape index (κ3) is 2.85. The first kappa shape index (κ1) is 13.0. The highest BCUT2D eigenvalue weighted by molar-refractivity contribution is 14.1. The highest BCUT2D eigenvalue weighted by atomic mass is 127. The van der Waals surface area contributed by atoms with Gasteiger partial charge in [0.15, 0.2) is 0 Å². The zero-order valence-corrected chi connectivity index (χ0v) is 12.0. The molecule has 0 aliphatic carbocycles. The van der Waals surface area contributed by atoms with E-state index in [9.17, 15) is 10.2 Å². The zero-order chi connectivity index (χ0) is 13.1. The lowest BCUT2D eigenvalue weighted by atomic mass is 9.98. The lowest BCUT2D eigenvalue weighted by Crippen LogP contribution is -1.89. The average Bonchev–Trinajstić information content (AvgIpc) is 2.34. The summed E-state index contributed by atoms with van der Waals surface area (Å²) in [4.78, 5) is 0. The van der Waals surface area contributed by atoms with Crippen LogP contribution in [0, 0.1) is 0 Å².